The summed E-state index contributed by atoms with van der Waals surface area (Å²) in [6, 6.07) is 6.93. The molecule has 0 saturated carbocycles. The Balaban J connectivity index is 1.58. The van der Waals surface area contributed by atoms with Crippen LogP contribution in [0, 0.1) is 0 Å². The van der Waals surface area contributed by atoms with Gasteiger partial charge in [-0.2, -0.15) is 0 Å². The molecule has 0 radical (unpaired) electrons. The zero-order chi connectivity index (χ0) is 18.9. The fourth-order valence-corrected chi connectivity index (χ4v) is 4.79. The van der Waals surface area contributed by atoms with Crippen molar-refractivity contribution in [3.8, 4) is 0 Å². The van der Waals surface area contributed by atoms with E-state index < -0.39 is 18.1 Å². The number of carbonyl (C=O) groups excluding carboxylic acids is 3. The van der Waals surface area contributed by atoms with Gasteiger partial charge in [-0.1, -0.05) is 19.1 Å². The summed E-state index contributed by atoms with van der Waals surface area (Å²) in [6.45, 7) is 5.58. The van der Waals surface area contributed by atoms with Crippen molar-refractivity contribution in [3.05, 3.63) is 29.8 Å². The Kier molecular flexibility index (Phi) is 5.27. The molecule has 1 aromatic carbocycles. The van der Waals surface area contributed by atoms with E-state index in [-0.39, 0.29) is 16.7 Å². The van der Waals surface area contributed by atoms with Crippen molar-refractivity contribution >= 4 is 35.2 Å². The fraction of sp³-hybridized carbons (Fsp3) is 0.526. The molecule has 0 spiro atoms. The summed E-state index contributed by atoms with van der Waals surface area (Å²) in [6.07, 6.45) is 1.19. The minimum Gasteiger partial charge on any atom is -0.451 e. The molecule has 1 aromatic rings. The molecule has 0 unspecified atom stereocenters. The van der Waals surface area contributed by atoms with Crippen LogP contribution in [0.15, 0.2) is 24.3 Å². The molecule has 1 N–H and O–H groups in total. The van der Waals surface area contributed by atoms with Crippen molar-refractivity contribution in [2.24, 2.45) is 0 Å². The second-order valence-electron chi connectivity index (χ2n) is 6.88. The van der Waals surface area contributed by atoms with E-state index in [1.54, 1.807) is 23.6 Å². The van der Waals surface area contributed by atoms with Gasteiger partial charge in [0.25, 0.3) is 5.91 Å². The molecule has 2 saturated heterocycles. The van der Waals surface area contributed by atoms with Crippen molar-refractivity contribution < 1.29 is 19.1 Å². The van der Waals surface area contributed by atoms with E-state index in [1.165, 1.54) is 5.56 Å². The quantitative estimate of drug-likeness (QED) is 0.800. The second kappa shape index (κ2) is 7.31. The van der Waals surface area contributed by atoms with Crippen molar-refractivity contribution in [2.75, 3.05) is 11.1 Å². The molecule has 2 aliphatic rings. The number of amides is 2. The number of nitrogens with one attached hydrogen (secondary N) is 1. The normalized spacial score (nSPS) is 25.7. The minimum absolute atomic E-state index is 0.0208. The van der Waals surface area contributed by atoms with Gasteiger partial charge in [-0.3, -0.25) is 9.59 Å². The Morgan fingerprint density at radius 2 is 2.08 bits per heavy atom. The maximum Gasteiger partial charge on any atom is 0.330 e. The molecule has 0 bridgehead atoms. The maximum absolute atomic E-state index is 12.5. The first-order valence-corrected chi connectivity index (χ1v) is 9.89. The van der Waals surface area contributed by atoms with Crippen LogP contribution in [-0.4, -0.2) is 45.5 Å². The van der Waals surface area contributed by atoms with Crippen LogP contribution in [-0.2, 0) is 25.5 Å². The van der Waals surface area contributed by atoms with Crippen molar-refractivity contribution in [1.82, 2.24) is 4.90 Å². The van der Waals surface area contributed by atoms with Gasteiger partial charge in [-0.15, -0.1) is 11.8 Å². The number of hydrogen-bond acceptors (Lipinski definition) is 5. The second-order valence-corrected chi connectivity index (χ2v) is 8.39. The number of nitrogens with zero attached hydrogens (tertiary/aromatic N) is 1. The minimum atomic E-state index is -0.928. The highest BCUT2D eigenvalue weighted by Crippen LogP contribution is 2.47. The molecule has 2 fully saturated rings. The molecule has 2 heterocycles. The molecule has 2 amide bonds. The Labute approximate surface area is 157 Å². The largest absolute Gasteiger partial charge is 0.451 e. The lowest BCUT2D eigenvalue weighted by Gasteiger charge is -2.29. The average Bonchev–Trinajstić information content (AvgIpc) is 3.11. The van der Waals surface area contributed by atoms with Gasteiger partial charge in [0.2, 0.25) is 5.91 Å². The topological polar surface area (TPSA) is 75.7 Å². The van der Waals surface area contributed by atoms with Crippen LogP contribution in [0.4, 0.5) is 5.69 Å². The van der Waals surface area contributed by atoms with E-state index in [0.717, 1.165) is 12.8 Å². The highest BCUT2D eigenvalue weighted by atomic mass is 32.2. The Morgan fingerprint density at radius 3 is 2.73 bits per heavy atom. The Hall–Kier alpha value is -2.02. The lowest BCUT2D eigenvalue weighted by molar-refractivity contribution is -0.160. The zero-order valence-electron chi connectivity index (χ0n) is 15.3. The van der Waals surface area contributed by atoms with Gasteiger partial charge in [-0.05, 0) is 44.4 Å². The van der Waals surface area contributed by atoms with Gasteiger partial charge < -0.3 is 15.0 Å². The van der Waals surface area contributed by atoms with Crippen LogP contribution >= 0.6 is 11.8 Å². The van der Waals surface area contributed by atoms with E-state index in [9.17, 15) is 14.4 Å². The van der Waals surface area contributed by atoms with Crippen molar-refractivity contribution in [3.63, 3.8) is 0 Å². The highest BCUT2D eigenvalue weighted by molar-refractivity contribution is 8.01. The summed E-state index contributed by atoms with van der Waals surface area (Å²) < 4.78 is 5.36. The number of carbonyl (C=O) groups is 3. The SMILES string of the molecule is CCc1ccc(NC(=O)[C@@H](C)OC(=O)[C@@H]2CS[C@@]3(C)CCC(=O)N23)cc1. The van der Waals surface area contributed by atoms with Gasteiger partial charge in [0.15, 0.2) is 6.10 Å². The molecule has 140 valence electrons. The van der Waals surface area contributed by atoms with E-state index in [0.29, 0.717) is 17.9 Å². The molecule has 0 aliphatic carbocycles. The smallest absolute Gasteiger partial charge is 0.330 e. The van der Waals surface area contributed by atoms with E-state index in [1.807, 2.05) is 31.2 Å². The molecule has 3 rings (SSSR count). The van der Waals surface area contributed by atoms with Crippen molar-refractivity contribution in [2.45, 2.75) is 57.1 Å². The first kappa shape index (κ1) is 18.8. The lowest BCUT2D eigenvalue weighted by Crippen LogP contribution is -2.48. The molecule has 3 atom stereocenters. The first-order chi connectivity index (χ1) is 12.3. The molecule has 7 heteroatoms. The van der Waals surface area contributed by atoms with Gasteiger partial charge in [0, 0.05) is 17.9 Å². The van der Waals surface area contributed by atoms with Crippen molar-refractivity contribution in [1.29, 1.82) is 0 Å². The third-order valence-corrected chi connectivity index (χ3v) is 6.51. The van der Waals surface area contributed by atoms with E-state index in [4.69, 9.17) is 4.74 Å². The fourth-order valence-electron chi connectivity index (χ4n) is 3.37. The zero-order valence-corrected chi connectivity index (χ0v) is 16.1. The summed E-state index contributed by atoms with van der Waals surface area (Å²) in [5, 5.41) is 2.75. The first-order valence-electron chi connectivity index (χ1n) is 8.90. The monoisotopic (exact) mass is 376 g/mol. The summed E-state index contributed by atoms with van der Waals surface area (Å²) in [4.78, 5) is 38.2. The number of hydrogen-bond donors (Lipinski definition) is 1. The van der Waals surface area contributed by atoms with Crippen LogP contribution in [0.5, 0.6) is 0 Å². The molecular formula is C19H24N2O4S. The van der Waals surface area contributed by atoms with Crippen LogP contribution in [0.1, 0.15) is 39.2 Å². The summed E-state index contributed by atoms with van der Waals surface area (Å²) in [5.74, 6) is -0.412. The number of benzene rings is 1. The predicted octanol–water partition coefficient (Wildman–Crippen LogP) is 2.57. The Morgan fingerprint density at radius 1 is 1.38 bits per heavy atom. The maximum atomic E-state index is 12.5. The summed E-state index contributed by atoms with van der Waals surface area (Å²) >= 11 is 1.60. The number of esters is 1. The van der Waals surface area contributed by atoms with Crippen LogP contribution in [0.2, 0.25) is 0 Å². The number of thioether (sulfide) groups is 1. The lowest BCUT2D eigenvalue weighted by atomic mass is 10.1. The standard InChI is InChI=1S/C19H24N2O4S/c1-4-13-5-7-14(8-6-13)20-17(23)12(2)25-18(24)15-11-26-19(3)10-9-16(22)21(15)19/h5-8,12,15H,4,9-11H2,1-3H3,(H,20,23)/t12-,15+,19+/m1/s1. The molecule has 26 heavy (non-hydrogen) atoms. The summed E-state index contributed by atoms with van der Waals surface area (Å²) in [7, 11) is 0. The molecule has 0 aromatic heterocycles. The highest BCUT2D eigenvalue weighted by Gasteiger charge is 2.53. The van der Waals surface area contributed by atoms with Gasteiger partial charge in [0.05, 0.1) is 4.87 Å². The molecule has 6 nitrogen and oxygen atoms in total. The summed E-state index contributed by atoms with van der Waals surface area (Å²) in [5.41, 5.74) is 1.84. The van der Waals surface area contributed by atoms with E-state index >= 15 is 0 Å². The Bertz CT molecular complexity index is 721. The van der Waals surface area contributed by atoms with Gasteiger partial charge in [0.1, 0.15) is 6.04 Å². The third kappa shape index (κ3) is 3.58. The average molecular weight is 376 g/mol. The van der Waals surface area contributed by atoms with Gasteiger partial charge in [-0.25, -0.2) is 4.79 Å². The van der Waals surface area contributed by atoms with Crippen LogP contribution < -0.4 is 5.32 Å². The number of ether oxygens (including phenoxy) is 1. The predicted molar refractivity (Wildman–Crippen MR) is 101 cm³/mol. The molecular weight excluding hydrogens is 352 g/mol. The number of rotatable bonds is 5. The number of anilines is 1. The molecule has 2 aliphatic heterocycles. The van der Waals surface area contributed by atoms with E-state index in [2.05, 4.69) is 12.2 Å². The number of fused-ring (bicyclic) bond motifs is 1. The van der Waals surface area contributed by atoms with Crippen LogP contribution in [0.25, 0.3) is 0 Å². The number of aryl methyl sites for hydroxylation is 1. The van der Waals surface area contributed by atoms with Gasteiger partial charge >= 0.3 is 5.97 Å². The third-order valence-electron chi connectivity index (χ3n) is 5.01. The van der Waals surface area contributed by atoms with Crippen LogP contribution in [0.3, 0.4) is 0 Å².